The third kappa shape index (κ3) is 7.37. The van der Waals surface area contributed by atoms with E-state index in [2.05, 4.69) is 13.0 Å². The van der Waals surface area contributed by atoms with Crippen LogP contribution in [0.25, 0.3) is 0 Å². The lowest BCUT2D eigenvalue weighted by Gasteiger charge is -2.33. The van der Waals surface area contributed by atoms with Crippen LogP contribution in [0.15, 0.2) is 11.6 Å². The lowest BCUT2D eigenvalue weighted by molar-refractivity contribution is 0.501. The van der Waals surface area contributed by atoms with Crippen molar-refractivity contribution in [2.75, 3.05) is 0 Å². The van der Waals surface area contributed by atoms with E-state index in [0.717, 1.165) is 32.1 Å². The first-order valence-electron chi connectivity index (χ1n) is 11.6. The third-order valence-electron chi connectivity index (χ3n) is 6.41. The standard InChI is InChI=1S/C23H42O2S/c1-2-3-4-5-6-7-8-9-10-11-12-13-14-16-21-19-22-17-15-18-23(20-21)26(22,24)25/h19,22-23H,2-18,20H2,1H3. The minimum atomic E-state index is -2.83. The zero-order valence-corrected chi connectivity index (χ0v) is 18.0. The largest absolute Gasteiger partial charge is 0.228 e. The maximum atomic E-state index is 12.3. The average Bonchev–Trinajstić information content (AvgIpc) is 2.59. The van der Waals surface area contributed by atoms with Crippen molar-refractivity contribution >= 4 is 9.84 Å². The number of sulfone groups is 1. The van der Waals surface area contributed by atoms with Crippen molar-refractivity contribution in [2.45, 2.75) is 133 Å². The number of rotatable bonds is 14. The van der Waals surface area contributed by atoms with Gasteiger partial charge in [-0.1, -0.05) is 102 Å². The number of fused-ring (bicyclic) bond motifs is 2. The van der Waals surface area contributed by atoms with Gasteiger partial charge in [-0.3, -0.25) is 0 Å². The van der Waals surface area contributed by atoms with E-state index in [1.807, 2.05) is 0 Å². The highest BCUT2D eigenvalue weighted by Crippen LogP contribution is 2.37. The monoisotopic (exact) mass is 382 g/mol. The zero-order chi connectivity index (χ0) is 18.7. The number of hydrogen-bond donors (Lipinski definition) is 0. The topological polar surface area (TPSA) is 34.1 Å². The van der Waals surface area contributed by atoms with E-state index in [1.165, 1.54) is 89.0 Å². The van der Waals surface area contributed by atoms with Crippen molar-refractivity contribution in [1.82, 2.24) is 0 Å². The number of allylic oxidation sites excluding steroid dienone is 1. The predicted molar refractivity (Wildman–Crippen MR) is 113 cm³/mol. The molecule has 0 saturated carbocycles. The van der Waals surface area contributed by atoms with Crippen LogP contribution in [0.1, 0.15) is 122 Å². The Labute approximate surface area is 163 Å². The minimum absolute atomic E-state index is 0.0526. The molecule has 2 nitrogen and oxygen atoms in total. The Morgan fingerprint density at radius 1 is 0.808 bits per heavy atom. The van der Waals surface area contributed by atoms with Gasteiger partial charge >= 0.3 is 0 Å². The summed E-state index contributed by atoms with van der Waals surface area (Å²) in [6.07, 6.45) is 25.0. The molecule has 2 atom stereocenters. The third-order valence-corrected chi connectivity index (χ3v) is 8.96. The highest BCUT2D eigenvalue weighted by atomic mass is 32.2. The van der Waals surface area contributed by atoms with Crippen molar-refractivity contribution in [3.63, 3.8) is 0 Å². The summed E-state index contributed by atoms with van der Waals surface area (Å²) >= 11 is 0. The molecule has 2 aliphatic heterocycles. The molecule has 0 spiro atoms. The van der Waals surface area contributed by atoms with Crippen LogP contribution in [-0.4, -0.2) is 18.9 Å². The Balaban J connectivity index is 1.44. The first-order chi connectivity index (χ1) is 12.6. The maximum Gasteiger partial charge on any atom is 0.159 e. The Morgan fingerprint density at radius 3 is 1.88 bits per heavy atom. The van der Waals surface area contributed by atoms with E-state index in [4.69, 9.17) is 0 Å². The summed E-state index contributed by atoms with van der Waals surface area (Å²) in [6, 6.07) is 0. The summed E-state index contributed by atoms with van der Waals surface area (Å²) < 4.78 is 24.6. The molecule has 0 N–H and O–H groups in total. The average molecular weight is 383 g/mol. The van der Waals surface area contributed by atoms with Crippen LogP contribution in [0, 0.1) is 0 Å². The van der Waals surface area contributed by atoms with Crippen LogP contribution < -0.4 is 0 Å². The molecular formula is C23H42O2S. The molecule has 0 amide bonds. The van der Waals surface area contributed by atoms with Crippen molar-refractivity contribution in [3.05, 3.63) is 11.6 Å². The smallest absolute Gasteiger partial charge is 0.159 e. The molecule has 3 heteroatoms. The van der Waals surface area contributed by atoms with Gasteiger partial charge in [-0.2, -0.15) is 0 Å². The van der Waals surface area contributed by atoms with Gasteiger partial charge in [-0.05, 0) is 32.1 Å². The Morgan fingerprint density at radius 2 is 1.35 bits per heavy atom. The van der Waals surface area contributed by atoms with E-state index in [1.54, 1.807) is 0 Å². The second kappa shape index (κ2) is 12.2. The van der Waals surface area contributed by atoms with Crippen molar-refractivity contribution in [3.8, 4) is 0 Å². The summed E-state index contributed by atoms with van der Waals surface area (Å²) in [7, 11) is -2.83. The van der Waals surface area contributed by atoms with Crippen molar-refractivity contribution in [2.24, 2.45) is 0 Å². The van der Waals surface area contributed by atoms with Gasteiger partial charge in [0.25, 0.3) is 0 Å². The predicted octanol–water partition coefficient (Wildman–Crippen LogP) is 7.13. The van der Waals surface area contributed by atoms with Gasteiger partial charge in [0.05, 0.1) is 10.5 Å². The molecule has 0 radical (unpaired) electrons. The first kappa shape index (κ1) is 22.0. The summed E-state index contributed by atoms with van der Waals surface area (Å²) in [4.78, 5) is 0. The maximum absolute atomic E-state index is 12.3. The lowest BCUT2D eigenvalue weighted by Crippen LogP contribution is -2.38. The van der Waals surface area contributed by atoms with Gasteiger partial charge in [0.1, 0.15) is 0 Å². The second-order valence-electron chi connectivity index (χ2n) is 8.70. The quantitative estimate of drug-likeness (QED) is 0.236. The van der Waals surface area contributed by atoms with Crippen molar-refractivity contribution in [1.29, 1.82) is 0 Å². The van der Waals surface area contributed by atoms with Crippen LogP contribution in [0.2, 0.25) is 0 Å². The summed E-state index contributed by atoms with van der Waals surface area (Å²) in [5, 5.41) is -0.199. The fraction of sp³-hybridized carbons (Fsp3) is 0.913. The van der Waals surface area contributed by atoms with Crippen LogP contribution in [-0.2, 0) is 9.84 Å². The SMILES string of the molecule is CCCCCCCCCCCCCCCC1=CC2CCCC(C1)S2(=O)=O. The molecule has 1 fully saturated rings. The second-order valence-corrected chi connectivity index (χ2v) is 11.2. The van der Waals surface area contributed by atoms with Gasteiger partial charge in [0, 0.05) is 0 Å². The normalized spacial score (nSPS) is 24.4. The number of hydrogen-bond acceptors (Lipinski definition) is 2. The fourth-order valence-corrected chi connectivity index (χ4v) is 7.01. The zero-order valence-electron chi connectivity index (χ0n) is 17.2. The molecule has 2 heterocycles. The Hall–Kier alpha value is -0.310. The molecular weight excluding hydrogens is 340 g/mol. The van der Waals surface area contributed by atoms with Crippen LogP contribution >= 0.6 is 0 Å². The Kier molecular flexibility index (Phi) is 10.3. The molecule has 2 bridgehead atoms. The van der Waals surface area contributed by atoms with Crippen LogP contribution in [0.5, 0.6) is 0 Å². The molecule has 152 valence electrons. The Bertz CT molecular complexity index is 506. The molecule has 0 aromatic heterocycles. The molecule has 1 saturated heterocycles. The highest BCUT2D eigenvalue weighted by Gasteiger charge is 2.39. The summed E-state index contributed by atoms with van der Waals surface area (Å²) in [6.45, 7) is 2.28. The molecule has 2 rings (SSSR count). The first-order valence-corrected chi connectivity index (χ1v) is 13.2. The van der Waals surface area contributed by atoms with Gasteiger partial charge in [0.15, 0.2) is 9.84 Å². The van der Waals surface area contributed by atoms with E-state index in [9.17, 15) is 8.42 Å². The van der Waals surface area contributed by atoms with Crippen LogP contribution in [0.3, 0.4) is 0 Å². The molecule has 0 aromatic rings. The van der Waals surface area contributed by atoms with Gasteiger partial charge in [-0.25, -0.2) is 8.42 Å². The van der Waals surface area contributed by atoms with Crippen LogP contribution in [0.4, 0.5) is 0 Å². The molecule has 2 aliphatic rings. The van der Waals surface area contributed by atoms with E-state index in [-0.39, 0.29) is 10.5 Å². The summed E-state index contributed by atoms with van der Waals surface area (Å²) in [5.41, 5.74) is 1.44. The fourth-order valence-electron chi connectivity index (χ4n) is 4.70. The van der Waals surface area contributed by atoms with E-state index in [0.29, 0.717) is 0 Å². The molecule has 26 heavy (non-hydrogen) atoms. The van der Waals surface area contributed by atoms with Gasteiger partial charge < -0.3 is 0 Å². The number of unbranched alkanes of at least 4 members (excludes halogenated alkanes) is 12. The van der Waals surface area contributed by atoms with E-state index < -0.39 is 9.84 Å². The molecule has 2 unspecified atom stereocenters. The molecule has 0 aromatic carbocycles. The van der Waals surface area contributed by atoms with Crippen molar-refractivity contribution < 1.29 is 8.42 Å². The minimum Gasteiger partial charge on any atom is -0.228 e. The van der Waals surface area contributed by atoms with Gasteiger partial charge in [-0.15, -0.1) is 0 Å². The van der Waals surface area contributed by atoms with E-state index >= 15 is 0 Å². The highest BCUT2D eigenvalue weighted by molar-refractivity contribution is 7.92. The molecule has 0 aliphatic carbocycles. The summed E-state index contributed by atoms with van der Waals surface area (Å²) in [5.74, 6) is 0. The lowest BCUT2D eigenvalue weighted by atomic mass is 9.94. The van der Waals surface area contributed by atoms with Gasteiger partial charge in [0.2, 0.25) is 0 Å².